The van der Waals surface area contributed by atoms with Gasteiger partial charge in [-0.3, -0.25) is 4.79 Å². The van der Waals surface area contributed by atoms with Crippen LogP contribution in [0.25, 0.3) is 11.0 Å². The van der Waals surface area contributed by atoms with Crippen molar-refractivity contribution in [3.05, 3.63) is 30.5 Å². The molecule has 1 aromatic carbocycles. The number of rotatable bonds is 2. The van der Waals surface area contributed by atoms with E-state index in [0.29, 0.717) is 0 Å². The largest absolute Gasteiger partial charge is 0.462 e. The molecule has 0 bridgehead atoms. The van der Waals surface area contributed by atoms with Crippen LogP contribution in [0, 0.1) is 0 Å². The second kappa shape index (κ2) is 4.82. The number of nitrogens with one attached hydrogen (secondary N) is 2. The molecule has 1 fully saturated rings. The Balaban J connectivity index is 1.77. The number of fused-ring (bicyclic) bond motifs is 1. The molecule has 0 aliphatic carbocycles. The van der Waals surface area contributed by atoms with Gasteiger partial charge in [-0.1, -0.05) is 18.6 Å². The number of carbonyl (C=O) groups is 1. The van der Waals surface area contributed by atoms with Crippen molar-refractivity contribution >= 4 is 22.6 Å². The lowest BCUT2D eigenvalue weighted by Gasteiger charge is -2.22. The van der Waals surface area contributed by atoms with Crippen LogP contribution in [0.15, 0.2) is 34.9 Å². The molecule has 0 saturated carbocycles. The Bertz CT molecular complexity index is 556. The fourth-order valence-corrected chi connectivity index (χ4v) is 2.37. The maximum Gasteiger partial charge on any atom is 0.241 e. The Morgan fingerprint density at radius 3 is 3.06 bits per heavy atom. The van der Waals surface area contributed by atoms with Gasteiger partial charge in [-0.2, -0.15) is 0 Å². The van der Waals surface area contributed by atoms with Crippen molar-refractivity contribution in [3.8, 4) is 0 Å². The minimum atomic E-state index is -0.0765. The number of amides is 1. The molecule has 4 nitrogen and oxygen atoms in total. The van der Waals surface area contributed by atoms with Gasteiger partial charge in [0.15, 0.2) is 0 Å². The van der Waals surface area contributed by atoms with E-state index in [0.717, 1.165) is 42.5 Å². The van der Waals surface area contributed by atoms with Gasteiger partial charge in [0.25, 0.3) is 0 Å². The van der Waals surface area contributed by atoms with Crippen LogP contribution in [0.3, 0.4) is 0 Å². The van der Waals surface area contributed by atoms with E-state index in [-0.39, 0.29) is 11.9 Å². The zero-order valence-electron chi connectivity index (χ0n) is 10.1. The molecule has 2 N–H and O–H groups in total. The first kappa shape index (κ1) is 11.3. The monoisotopic (exact) mass is 244 g/mol. The highest BCUT2D eigenvalue weighted by atomic mass is 16.3. The van der Waals surface area contributed by atoms with Gasteiger partial charge in [-0.25, -0.2) is 0 Å². The van der Waals surface area contributed by atoms with Gasteiger partial charge in [-0.15, -0.1) is 0 Å². The summed E-state index contributed by atoms with van der Waals surface area (Å²) in [5, 5.41) is 7.12. The number of hydrogen-bond donors (Lipinski definition) is 2. The van der Waals surface area contributed by atoms with Gasteiger partial charge >= 0.3 is 0 Å². The lowest BCUT2D eigenvalue weighted by atomic mass is 10.0. The molecule has 1 aliphatic heterocycles. The number of para-hydroxylation sites is 1. The second-order valence-corrected chi connectivity index (χ2v) is 4.64. The molecule has 0 radical (unpaired) electrons. The van der Waals surface area contributed by atoms with Crippen LogP contribution in [0.5, 0.6) is 0 Å². The Labute approximate surface area is 105 Å². The molecule has 18 heavy (non-hydrogen) atoms. The summed E-state index contributed by atoms with van der Waals surface area (Å²) in [6.07, 6.45) is 4.77. The molecule has 1 amide bonds. The third-order valence-electron chi connectivity index (χ3n) is 3.37. The molecule has 2 aromatic rings. The number of benzene rings is 1. The van der Waals surface area contributed by atoms with Gasteiger partial charge in [-0.05, 0) is 31.5 Å². The average molecular weight is 244 g/mol. The summed E-state index contributed by atoms with van der Waals surface area (Å²) in [5.74, 6) is 0.0289. The Morgan fingerprint density at radius 1 is 1.33 bits per heavy atom. The van der Waals surface area contributed by atoms with Crippen LogP contribution >= 0.6 is 0 Å². The van der Waals surface area contributed by atoms with Crippen LogP contribution in [-0.4, -0.2) is 18.5 Å². The quantitative estimate of drug-likeness (QED) is 0.853. The smallest absolute Gasteiger partial charge is 0.241 e. The Kier molecular flexibility index (Phi) is 3.02. The number of piperidine rings is 1. The van der Waals surface area contributed by atoms with Gasteiger partial charge in [0, 0.05) is 5.39 Å². The standard InChI is InChI=1S/C14H16N2O2/c17-14(11-6-3-4-8-15-11)16-12-9-18-13-7-2-1-5-10(12)13/h1-2,5,7,9,11,15H,3-4,6,8H2,(H,16,17). The topological polar surface area (TPSA) is 54.3 Å². The summed E-state index contributed by atoms with van der Waals surface area (Å²) in [5.41, 5.74) is 1.55. The highest BCUT2D eigenvalue weighted by molar-refractivity contribution is 6.02. The zero-order chi connectivity index (χ0) is 12.4. The molecule has 1 unspecified atom stereocenters. The van der Waals surface area contributed by atoms with E-state index in [4.69, 9.17) is 4.42 Å². The molecular formula is C14H16N2O2. The summed E-state index contributed by atoms with van der Waals surface area (Å²) >= 11 is 0. The van der Waals surface area contributed by atoms with E-state index in [1.54, 1.807) is 6.26 Å². The third kappa shape index (κ3) is 2.11. The molecule has 1 aromatic heterocycles. The van der Waals surface area contributed by atoms with Crippen LogP contribution < -0.4 is 10.6 Å². The van der Waals surface area contributed by atoms with Crippen molar-refractivity contribution in [1.82, 2.24) is 5.32 Å². The SMILES string of the molecule is O=C(Nc1coc2ccccc12)C1CCCCN1. The highest BCUT2D eigenvalue weighted by Gasteiger charge is 2.21. The van der Waals surface area contributed by atoms with Crippen molar-refractivity contribution in [2.24, 2.45) is 0 Å². The van der Waals surface area contributed by atoms with E-state index >= 15 is 0 Å². The highest BCUT2D eigenvalue weighted by Crippen LogP contribution is 2.25. The van der Waals surface area contributed by atoms with Crippen molar-refractivity contribution in [2.45, 2.75) is 25.3 Å². The summed E-state index contributed by atoms with van der Waals surface area (Å²) < 4.78 is 5.40. The van der Waals surface area contributed by atoms with Gasteiger partial charge in [0.05, 0.1) is 11.7 Å². The predicted molar refractivity (Wildman–Crippen MR) is 70.5 cm³/mol. The fraction of sp³-hybridized carbons (Fsp3) is 0.357. The molecule has 2 heterocycles. The first-order valence-electron chi connectivity index (χ1n) is 6.35. The van der Waals surface area contributed by atoms with Crippen molar-refractivity contribution in [2.75, 3.05) is 11.9 Å². The molecule has 94 valence electrons. The summed E-state index contributed by atoms with van der Waals surface area (Å²) in [6, 6.07) is 7.62. The van der Waals surface area contributed by atoms with E-state index < -0.39 is 0 Å². The number of anilines is 1. The maximum atomic E-state index is 12.1. The van der Waals surface area contributed by atoms with E-state index in [9.17, 15) is 4.79 Å². The Morgan fingerprint density at radius 2 is 2.22 bits per heavy atom. The minimum absolute atomic E-state index is 0.0289. The van der Waals surface area contributed by atoms with E-state index in [1.165, 1.54) is 0 Å². The maximum absolute atomic E-state index is 12.1. The van der Waals surface area contributed by atoms with Crippen LogP contribution in [0.4, 0.5) is 5.69 Å². The van der Waals surface area contributed by atoms with Crippen LogP contribution in [0.2, 0.25) is 0 Å². The minimum Gasteiger partial charge on any atom is -0.462 e. The van der Waals surface area contributed by atoms with Gasteiger partial charge in [0.1, 0.15) is 11.8 Å². The van der Waals surface area contributed by atoms with E-state index in [1.807, 2.05) is 24.3 Å². The molecule has 1 atom stereocenters. The number of hydrogen-bond acceptors (Lipinski definition) is 3. The third-order valence-corrected chi connectivity index (χ3v) is 3.37. The molecule has 1 saturated heterocycles. The second-order valence-electron chi connectivity index (χ2n) is 4.64. The first-order chi connectivity index (χ1) is 8.84. The number of furan rings is 1. The molecule has 1 aliphatic rings. The lowest BCUT2D eigenvalue weighted by molar-refractivity contribution is -0.118. The Hall–Kier alpha value is -1.81. The summed E-state index contributed by atoms with van der Waals surface area (Å²) in [7, 11) is 0. The van der Waals surface area contributed by atoms with Crippen LogP contribution in [0.1, 0.15) is 19.3 Å². The summed E-state index contributed by atoms with van der Waals surface area (Å²) in [6.45, 7) is 0.921. The number of carbonyl (C=O) groups excluding carboxylic acids is 1. The molecular weight excluding hydrogens is 228 g/mol. The predicted octanol–water partition coefficient (Wildman–Crippen LogP) is 2.51. The van der Waals surface area contributed by atoms with Crippen molar-refractivity contribution < 1.29 is 9.21 Å². The van der Waals surface area contributed by atoms with E-state index in [2.05, 4.69) is 10.6 Å². The van der Waals surface area contributed by atoms with Crippen LogP contribution in [-0.2, 0) is 4.79 Å². The molecule has 0 spiro atoms. The first-order valence-corrected chi connectivity index (χ1v) is 6.35. The molecule has 3 rings (SSSR count). The zero-order valence-corrected chi connectivity index (χ0v) is 10.1. The van der Waals surface area contributed by atoms with Gasteiger partial charge in [0.2, 0.25) is 5.91 Å². The van der Waals surface area contributed by atoms with Crippen molar-refractivity contribution in [3.63, 3.8) is 0 Å². The fourth-order valence-electron chi connectivity index (χ4n) is 2.37. The normalized spacial score (nSPS) is 19.9. The average Bonchev–Trinajstić information content (AvgIpc) is 2.83. The van der Waals surface area contributed by atoms with Gasteiger partial charge < -0.3 is 15.1 Å². The van der Waals surface area contributed by atoms with Crippen molar-refractivity contribution in [1.29, 1.82) is 0 Å². The lowest BCUT2D eigenvalue weighted by Crippen LogP contribution is -2.43. The summed E-state index contributed by atoms with van der Waals surface area (Å²) in [4.78, 5) is 12.1. The molecule has 4 heteroatoms.